The van der Waals surface area contributed by atoms with E-state index >= 15 is 0 Å². The van der Waals surface area contributed by atoms with Gasteiger partial charge in [0.05, 0.1) is 4.90 Å². The van der Waals surface area contributed by atoms with Crippen LogP contribution >= 0.6 is 11.3 Å². The molecule has 4 rings (SSSR count). The molecule has 0 radical (unpaired) electrons. The molecule has 1 saturated carbocycles. The van der Waals surface area contributed by atoms with Gasteiger partial charge in [-0.15, -0.1) is 10.2 Å². The standard InChI is InChI=1S/C23H31N5O4S2/c1-17-7-9-19(10-8-17)34(31,32)28-15-13-27(14-16-28)21(30)12-11-20(29)24-23-26-25-22(33-23)18-5-3-2-4-6-18/h7-10,18H,2-6,11-16H2,1H3,(H,24,26,29). The quantitative estimate of drug-likeness (QED) is 0.619. The van der Waals surface area contributed by atoms with E-state index in [-0.39, 0.29) is 42.6 Å². The summed E-state index contributed by atoms with van der Waals surface area (Å²) in [6.45, 7) is 3.01. The van der Waals surface area contributed by atoms with Crippen LogP contribution in [0.25, 0.3) is 0 Å². The van der Waals surface area contributed by atoms with Crippen molar-refractivity contribution in [2.75, 3.05) is 31.5 Å². The Morgan fingerprint density at radius 1 is 1.00 bits per heavy atom. The van der Waals surface area contributed by atoms with Crippen LogP contribution in [0.5, 0.6) is 0 Å². The Morgan fingerprint density at radius 2 is 1.68 bits per heavy atom. The molecule has 2 amide bonds. The second-order valence-corrected chi connectivity index (χ2v) is 11.9. The van der Waals surface area contributed by atoms with Crippen LogP contribution in [0.15, 0.2) is 29.2 Å². The minimum Gasteiger partial charge on any atom is -0.340 e. The van der Waals surface area contributed by atoms with Gasteiger partial charge in [-0.1, -0.05) is 48.3 Å². The highest BCUT2D eigenvalue weighted by atomic mass is 32.2. The molecule has 1 aromatic carbocycles. The van der Waals surface area contributed by atoms with Gasteiger partial charge in [0.2, 0.25) is 27.0 Å². The lowest BCUT2D eigenvalue weighted by atomic mass is 9.90. The van der Waals surface area contributed by atoms with Gasteiger partial charge >= 0.3 is 0 Å². The van der Waals surface area contributed by atoms with Crippen LogP contribution in [-0.2, 0) is 19.6 Å². The summed E-state index contributed by atoms with van der Waals surface area (Å²) in [6.07, 6.45) is 6.06. The normalized spacial score (nSPS) is 18.1. The number of carbonyl (C=O) groups is 2. The predicted molar refractivity (Wildman–Crippen MR) is 130 cm³/mol. The molecule has 0 bridgehead atoms. The van der Waals surface area contributed by atoms with Crippen molar-refractivity contribution in [1.29, 1.82) is 0 Å². The van der Waals surface area contributed by atoms with Crippen LogP contribution in [0.1, 0.15) is 61.4 Å². The molecule has 2 aromatic rings. The molecule has 184 valence electrons. The lowest BCUT2D eigenvalue weighted by Gasteiger charge is -2.34. The van der Waals surface area contributed by atoms with Crippen molar-refractivity contribution >= 4 is 38.3 Å². The third kappa shape index (κ3) is 6.00. The van der Waals surface area contributed by atoms with Gasteiger partial charge in [-0.2, -0.15) is 4.31 Å². The number of rotatable bonds is 7. The van der Waals surface area contributed by atoms with E-state index in [1.807, 2.05) is 6.92 Å². The van der Waals surface area contributed by atoms with Crippen LogP contribution in [0.3, 0.4) is 0 Å². The first-order valence-electron chi connectivity index (χ1n) is 11.8. The molecule has 2 fully saturated rings. The van der Waals surface area contributed by atoms with E-state index in [4.69, 9.17) is 0 Å². The Bertz CT molecular complexity index is 1100. The average molecular weight is 506 g/mol. The van der Waals surface area contributed by atoms with Crippen molar-refractivity contribution in [2.24, 2.45) is 0 Å². The Labute approximate surface area is 204 Å². The van der Waals surface area contributed by atoms with E-state index in [9.17, 15) is 18.0 Å². The molecule has 11 heteroatoms. The van der Waals surface area contributed by atoms with Crippen LogP contribution in [0.4, 0.5) is 5.13 Å². The second kappa shape index (κ2) is 10.9. The molecule has 0 atom stereocenters. The van der Waals surface area contributed by atoms with Crippen LogP contribution < -0.4 is 5.32 Å². The van der Waals surface area contributed by atoms with Gasteiger partial charge in [0, 0.05) is 44.9 Å². The zero-order valence-electron chi connectivity index (χ0n) is 19.4. The number of nitrogens with zero attached hydrogens (tertiary/aromatic N) is 4. The maximum atomic E-state index is 12.8. The average Bonchev–Trinajstić information content (AvgIpc) is 3.32. The van der Waals surface area contributed by atoms with Gasteiger partial charge in [0.15, 0.2) is 0 Å². The number of aromatic nitrogens is 2. The zero-order valence-corrected chi connectivity index (χ0v) is 21.0. The van der Waals surface area contributed by atoms with E-state index in [1.54, 1.807) is 29.2 Å². The Balaban J connectivity index is 1.21. The molecule has 0 unspecified atom stereocenters. The number of anilines is 1. The van der Waals surface area contributed by atoms with E-state index in [1.165, 1.54) is 34.9 Å². The van der Waals surface area contributed by atoms with Gasteiger partial charge in [-0.3, -0.25) is 9.59 Å². The molecule has 2 heterocycles. The van der Waals surface area contributed by atoms with Crippen molar-refractivity contribution in [3.8, 4) is 0 Å². The highest BCUT2D eigenvalue weighted by molar-refractivity contribution is 7.89. The summed E-state index contributed by atoms with van der Waals surface area (Å²) in [5.74, 6) is 0.0231. The maximum Gasteiger partial charge on any atom is 0.243 e. The third-order valence-corrected chi connectivity index (χ3v) is 9.37. The van der Waals surface area contributed by atoms with Crippen molar-refractivity contribution in [2.45, 2.75) is 62.7 Å². The number of aryl methyl sites for hydroxylation is 1. The van der Waals surface area contributed by atoms with Gasteiger partial charge in [-0.25, -0.2) is 8.42 Å². The monoisotopic (exact) mass is 505 g/mol. The first kappa shape index (κ1) is 24.7. The molecule has 1 aliphatic carbocycles. The summed E-state index contributed by atoms with van der Waals surface area (Å²) in [4.78, 5) is 26.8. The fourth-order valence-electron chi connectivity index (χ4n) is 4.40. The van der Waals surface area contributed by atoms with Crippen LogP contribution in [0.2, 0.25) is 0 Å². The molecule has 2 aliphatic rings. The number of benzene rings is 1. The van der Waals surface area contributed by atoms with Crippen molar-refractivity contribution in [3.63, 3.8) is 0 Å². The number of amides is 2. The van der Waals surface area contributed by atoms with Gasteiger partial charge in [0.25, 0.3) is 0 Å². The third-order valence-electron chi connectivity index (χ3n) is 6.46. The molecule has 0 spiro atoms. The summed E-state index contributed by atoms with van der Waals surface area (Å²) in [5.41, 5.74) is 0.995. The van der Waals surface area contributed by atoms with Gasteiger partial charge in [-0.05, 0) is 31.9 Å². The maximum absolute atomic E-state index is 12.8. The first-order chi connectivity index (χ1) is 16.3. The number of hydrogen-bond acceptors (Lipinski definition) is 7. The summed E-state index contributed by atoms with van der Waals surface area (Å²) in [7, 11) is -3.58. The van der Waals surface area contributed by atoms with E-state index in [0.717, 1.165) is 23.4 Å². The number of sulfonamides is 1. The Hall–Kier alpha value is -2.37. The Morgan fingerprint density at radius 3 is 2.35 bits per heavy atom. The highest BCUT2D eigenvalue weighted by Crippen LogP contribution is 2.35. The molecule has 9 nitrogen and oxygen atoms in total. The predicted octanol–water partition coefficient (Wildman–Crippen LogP) is 3.15. The minimum atomic E-state index is -3.58. The van der Waals surface area contributed by atoms with E-state index < -0.39 is 10.0 Å². The van der Waals surface area contributed by atoms with Crippen molar-refractivity contribution in [1.82, 2.24) is 19.4 Å². The molecule has 1 aliphatic heterocycles. The molecular formula is C23H31N5O4S2. The SMILES string of the molecule is Cc1ccc(S(=O)(=O)N2CCN(C(=O)CCC(=O)Nc3nnc(C4CCCCC4)s3)CC2)cc1. The summed E-state index contributed by atoms with van der Waals surface area (Å²) >= 11 is 1.42. The largest absolute Gasteiger partial charge is 0.340 e. The van der Waals surface area contributed by atoms with Gasteiger partial charge in [0.1, 0.15) is 5.01 Å². The van der Waals surface area contributed by atoms with Crippen molar-refractivity contribution in [3.05, 3.63) is 34.8 Å². The van der Waals surface area contributed by atoms with Crippen LogP contribution in [0, 0.1) is 6.92 Å². The van der Waals surface area contributed by atoms with E-state index in [0.29, 0.717) is 24.1 Å². The summed E-state index contributed by atoms with van der Waals surface area (Å²) in [6, 6.07) is 6.76. The Kier molecular flexibility index (Phi) is 7.95. The van der Waals surface area contributed by atoms with Crippen molar-refractivity contribution < 1.29 is 18.0 Å². The molecule has 1 aromatic heterocycles. The first-order valence-corrected chi connectivity index (χ1v) is 14.1. The summed E-state index contributed by atoms with van der Waals surface area (Å²) < 4.78 is 27.1. The molecule has 34 heavy (non-hydrogen) atoms. The topological polar surface area (TPSA) is 113 Å². The number of nitrogens with one attached hydrogen (secondary N) is 1. The molecule has 1 N–H and O–H groups in total. The molecular weight excluding hydrogens is 474 g/mol. The zero-order chi connectivity index (χ0) is 24.1. The highest BCUT2D eigenvalue weighted by Gasteiger charge is 2.30. The van der Waals surface area contributed by atoms with E-state index in [2.05, 4.69) is 15.5 Å². The lowest BCUT2D eigenvalue weighted by Crippen LogP contribution is -2.50. The number of hydrogen-bond donors (Lipinski definition) is 1. The van der Waals surface area contributed by atoms with Crippen LogP contribution in [-0.4, -0.2) is 65.8 Å². The fraction of sp³-hybridized carbons (Fsp3) is 0.565. The summed E-state index contributed by atoms with van der Waals surface area (Å²) in [5, 5.41) is 12.5. The molecule has 1 saturated heterocycles. The lowest BCUT2D eigenvalue weighted by molar-refractivity contribution is -0.133. The number of piperazine rings is 1. The smallest absolute Gasteiger partial charge is 0.243 e. The number of carbonyl (C=O) groups excluding carboxylic acids is 2. The second-order valence-electron chi connectivity index (χ2n) is 8.93. The fourth-order valence-corrected chi connectivity index (χ4v) is 6.75. The minimum absolute atomic E-state index is 0.0546. The van der Waals surface area contributed by atoms with Gasteiger partial charge < -0.3 is 10.2 Å².